The quantitative estimate of drug-likeness (QED) is 0.518. The first kappa shape index (κ1) is 15.2. The number of rotatable bonds is 7. The van der Waals surface area contributed by atoms with E-state index in [1.807, 2.05) is 27.7 Å². The molecule has 18 heavy (non-hydrogen) atoms. The van der Waals surface area contributed by atoms with Crippen LogP contribution in [-0.2, 0) is 19.1 Å². The number of carbonyl (C=O) groups excluding carboxylic acids is 2. The van der Waals surface area contributed by atoms with Crippen LogP contribution in [0.1, 0.15) is 47.0 Å². The summed E-state index contributed by atoms with van der Waals surface area (Å²) >= 11 is 0. The van der Waals surface area contributed by atoms with Gasteiger partial charge in [-0.05, 0) is 26.7 Å². The predicted octanol–water partition coefficient (Wildman–Crippen LogP) is 2.35. The molecule has 0 aromatic carbocycles. The van der Waals surface area contributed by atoms with Gasteiger partial charge in [-0.2, -0.15) is 0 Å². The van der Waals surface area contributed by atoms with Crippen LogP contribution in [0.3, 0.4) is 0 Å². The first-order valence-corrected chi connectivity index (χ1v) is 6.67. The van der Waals surface area contributed by atoms with E-state index in [2.05, 4.69) is 0 Å². The number of hydrogen-bond acceptors (Lipinski definition) is 4. The zero-order chi connectivity index (χ0) is 13.8. The van der Waals surface area contributed by atoms with Crippen LogP contribution in [0.15, 0.2) is 0 Å². The third-order valence-electron chi connectivity index (χ3n) is 3.52. The number of carbonyl (C=O) groups is 2. The highest BCUT2D eigenvalue weighted by molar-refractivity contribution is 5.90. The van der Waals surface area contributed by atoms with E-state index in [9.17, 15) is 9.59 Å². The van der Waals surface area contributed by atoms with Crippen molar-refractivity contribution < 1.29 is 19.1 Å². The summed E-state index contributed by atoms with van der Waals surface area (Å²) < 4.78 is 10.4. The SMILES string of the molecule is CC(C)OCCCC(=O)C(C)(C)C1CCOC1=O. The van der Waals surface area contributed by atoms with Crippen LogP contribution in [0.4, 0.5) is 0 Å². The van der Waals surface area contributed by atoms with E-state index in [1.54, 1.807) is 0 Å². The van der Waals surface area contributed by atoms with Gasteiger partial charge in [0.05, 0.1) is 18.6 Å². The molecule has 0 bridgehead atoms. The monoisotopic (exact) mass is 256 g/mol. The number of esters is 1. The maximum atomic E-state index is 12.2. The van der Waals surface area contributed by atoms with E-state index in [1.165, 1.54) is 0 Å². The summed E-state index contributed by atoms with van der Waals surface area (Å²) in [6.07, 6.45) is 2.02. The number of cyclic esters (lactones) is 1. The van der Waals surface area contributed by atoms with Gasteiger partial charge in [0.25, 0.3) is 0 Å². The van der Waals surface area contributed by atoms with Crippen LogP contribution < -0.4 is 0 Å². The van der Waals surface area contributed by atoms with Crippen LogP contribution in [0.25, 0.3) is 0 Å². The Bertz CT molecular complexity index is 307. The second-order valence-electron chi connectivity index (χ2n) is 5.68. The second-order valence-corrected chi connectivity index (χ2v) is 5.68. The van der Waals surface area contributed by atoms with Gasteiger partial charge in [0.1, 0.15) is 5.78 Å². The molecule has 0 radical (unpaired) electrons. The van der Waals surface area contributed by atoms with Crippen LogP contribution in [-0.4, -0.2) is 31.1 Å². The zero-order valence-corrected chi connectivity index (χ0v) is 11.8. The molecular formula is C14H24O4. The molecule has 0 N–H and O–H groups in total. The molecule has 0 amide bonds. The van der Waals surface area contributed by atoms with Crippen molar-refractivity contribution in [1.29, 1.82) is 0 Å². The third kappa shape index (κ3) is 3.80. The van der Waals surface area contributed by atoms with Crippen molar-refractivity contribution in [3.63, 3.8) is 0 Å². The Morgan fingerprint density at radius 2 is 2.17 bits per heavy atom. The van der Waals surface area contributed by atoms with Gasteiger partial charge in [0, 0.05) is 18.4 Å². The second kappa shape index (κ2) is 6.32. The van der Waals surface area contributed by atoms with Crippen molar-refractivity contribution in [2.75, 3.05) is 13.2 Å². The number of ether oxygens (including phenoxy) is 2. The lowest BCUT2D eigenvalue weighted by Gasteiger charge is -2.27. The number of ketones is 1. The molecule has 0 saturated carbocycles. The molecule has 0 spiro atoms. The summed E-state index contributed by atoms with van der Waals surface area (Å²) in [5, 5.41) is 0. The van der Waals surface area contributed by atoms with Gasteiger partial charge in [-0.15, -0.1) is 0 Å². The van der Waals surface area contributed by atoms with Gasteiger partial charge in [0.15, 0.2) is 0 Å². The summed E-state index contributed by atoms with van der Waals surface area (Å²) in [4.78, 5) is 23.7. The minimum absolute atomic E-state index is 0.124. The Morgan fingerprint density at radius 3 is 2.67 bits per heavy atom. The van der Waals surface area contributed by atoms with Crippen molar-refractivity contribution in [3.8, 4) is 0 Å². The van der Waals surface area contributed by atoms with Gasteiger partial charge in [-0.25, -0.2) is 0 Å². The Balaban J connectivity index is 2.41. The first-order chi connectivity index (χ1) is 8.35. The molecular weight excluding hydrogens is 232 g/mol. The summed E-state index contributed by atoms with van der Waals surface area (Å²) in [6.45, 7) is 8.66. The molecule has 1 fully saturated rings. The van der Waals surface area contributed by atoms with Gasteiger partial charge in [-0.1, -0.05) is 13.8 Å². The van der Waals surface area contributed by atoms with E-state index in [-0.39, 0.29) is 23.8 Å². The minimum atomic E-state index is -0.620. The first-order valence-electron chi connectivity index (χ1n) is 6.67. The fraction of sp³-hybridized carbons (Fsp3) is 0.857. The van der Waals surface area contributed by atoms with Crippen LogP contribution in [0.2, 0.25) is 0 Å². The molecule has 4 heteroatoms. The van der Waals surface area contributed by atoms with Gasteiger partial charge < -0.3 is 9.47 Å². The molecule has 104 valence electrons. The average Bonchev–Trinajstić information content (AvgIpc) is 2.70. The van der Waals surface area contributed by atoms with Crippen molar-refractivity contribution in [1.82, 2.24) is 0 Å². The van der Waals surface area contributed by atoms with Crippen molar-refractivity contribution in [2.24, 2.45) is 11.3 Å². The average molecular weight is 256 g/mol. The molecule has 1 aliphatic rings. The van der Waals surface area contributed by atoms with E-state index >= 15 is 0 Å². The Labute approximate surface area is 109 Å². The molecule has 0 aliphatic carbocycles. The Hall–Kier alpha value is -0.900. The largest absolute Gasteiger partial charge is 0.465 e. The van der Waals surface area contributed by atoms with E-state index in [4.69, 9.17) is 9.47 Å². The Morgan fingerprint density at radius 1 is 1.50 bits per heavy atom. The van der Waals surface area contributed by atoms with E-state index in [0.717, 1.165) is 0 Å². The summed E-state index contributed by atoms with van der Waals surface area (Å²) in [5.41, 5.74) is -0.620. The van der Waals surface area contributed by atoms with Crippen molar-refractivity contribution in [3.05, 3.63) is 0 Å². The molecule has 1 heterocycles. The fourth-order valence-electron chi connectivity index (χ4n) is 2.22. The van der Waals surface area contributed by atoms with Crippen LogP contribution in [0.5, 0.6) is 0 Å². The highest BCUT2D eigenvalue weighted by Gasteiger charge is 2.44. The molecule has 4 nitrogen and oxygen atoms in total. The number of Topliss-reactive ketones (excluding diaryl/α,β-unsaturated/α-hetero) is 1. The lowest BCUT2D eigenvalue weighted by atomic mass is 9.73. The lowest BCUT2D eigenvalue weighted by molar-refractivity contribution is -0.148. The van der Waals surface area contributed by atoms with E-state index < -0.39 is 5.41 Å². The van der Waals surface area contributed by atoms with E-state index in [0.29, 0.717) is 32.5 Å². The normalized spacial score (nSPS) is 20.3. The maximum Gasteiger partial charge on any atom is 0.310 e. The van der Waals surface area contributed by atoms with Crippen molar-refractivity contribution >= 4 is 11.8 Å². The highest BCUT2D eigenvalue weighted by Crippen LogP contribution is 2.36. The van der Waals surface area contributed by atoms with Crippen molar-refractivity contribution in [2.45, 2.75) is 53.1 Å². The fourth-order valence-corrected chi connectivity index (χ4v) is 2.22. The molecule has 1 saturated heterocycles. The highest BCUT2D eigenvalue weighted by atomic mass is 16.5. The zero-order valence-electron chi connectivity index (χ0n) is 11.8. The standard InChI is InChI=1S/C14H24O4/c1-10(2)17-8-5-6-12(15)14(3,4)11-7-9-18-13(11)16/h10-11H,5-9H2,1-4H3. The summed E-state index contributed by atoms with van der Waals surface area (Å²) in [5.74, 6) is -0.387. The molecule has 0 aromatic rings. The molecule has 0 aromatic heterocycles. The smallest absolute Gasteiger partial charge is 0.310 e. The summed E-state index contributed by atoms with van der Waals surface area (Å²) in [6, 6.07) is 0. The van der Waals surface area contributed by atoms with Gasteiger partial charge in [0.2, 0.25) is 0 Å². The van der Waals surface area contributed by atoms with Crippen LogP contribution >= 0.6 is 0 Å². The lowest BCUT2D eigenvalue weighted by Crippen LogP contribution is -2.35. The van der Waals surface area contributed by atoms with Gasteiger partial charge in [-0.3, -0.25) is 9.59 Å². The maximum absolute atomic E-state index is 12.2. The number of hydrogen-bond donors (Lipinski definition) is 0. The molecule has 1 aliphatic heterocycles. The molecule has 1 unspecified atom stereocenters. The topological polar surface area (TPSA) is 52.6 Å². The molecule has 1 rings (SSSR count). The Kier molecular flexibility index (Phi) is 5.32. The predicted molar refractivity (Wildman–Crippen MR) is 68.2 cm³/mol. The molecule has 1 atom stereocenters. The van der Waals surface area contributed by atoms with Gasteiger partial charge >= 0.3 is 5.97 Å². The third-order valence-corrected chi connectivity index (χ3v) is 3.52. The minimum Gasteiger partial charge on any atom is -0.465 e. The van der Waals surface area contributed by atoms with Crippen LogP contribution in [0, 0.1) is 11.3 Å². The summed E-state index contributed by atoms with van der Waals surface area (Å²) in [7, 11) is 0.